The molecule has 0 aliphatic carbocycles. The number of nitrogens with zero attached hydrogens (tertiary/aromatic N) is 2. The molecule has 1 fully saturated rings. The molecule has 184 valence electrons. The lowest BCUT2D eigenvalue weighted by Crippen LogP contribution is -2.40. The van der Waals surface area contributed by atoms with Gasteiger partial charge in [0.05, 0.1) is 23.8 Å². The van der Waals surface area contributed by atoms with Gasteiger partial charge < -0.3 is 10.1 Å². The predicted octanol–water partition coefficient (Wildman–Crippen LogP) is 3.79. The van der Waals surface area contributed by atoms with E-state index in [9.17, 15) is 13.2 Å². The monoisotopic (exact) mass is 557 g/mol. The molecule has 0 saturated carbocycles. The number of carbonyl (C=O) groups excluding carboxylic acids is 1. The average molecular weight is 558 g/mol. The molecule has 3 aromatic carbocycles. The Balaban J connectivity index is 1.42. The molecule has 7 nitrogen and oxygen atoms in total. The number of morpholine rings is 1. The second-order valence-corrected chi connectivity index (χ2v) is 11.1. The Bertz CT molecular complexity index is 1230. The molecule has 1 aliphatic heterocycles. The first-order valence-electron chi connectivity index (χ1n) is 11.4. The number of halogens is 1. The van der Waals surface area contributed by atoms with E-state index in [0.29, 0.717) is 12.2 Å². The Hall–Kier alpha value is -2.72. The summed E-state index contributed by atoms with van der Waals surface area (Å²) in [5, 5.41) is 2.85. The zero-order valence-corrected chi connectivity index (χ0v) is 21.7. The maximum atomic E-state index is 13.4. The topological polar surface area (TPSA) is 79.0 Å². The summed E-state index contributed by atoms with van der Waals surface area (Å²) in [7, 11) is -3.93. The molecule has 3 aromatic rings. The van der Waals surface area contributed by atoms with Gasteiger partial charge in [0, 0.05) is 30.7 Å². The van der Waals surface area contributed by atoms with E-state index >= 15 is 0 Å². The van der Waals surface area contributed by atoms with Gasteiger partial charge in [-0.2, -0.15) is 0 Å². The van der Waals surface area contributed by atoms with Crippen LogP contribution in [-0.4, -0.2) is 52.1 Å². The smallest absolute Gasteiger partial charge is 0.264 e. The van der Waals surface area contributed by atoms with E-state index in [1.807, 2.05) is 12.1 Å². The Labute approximate surface area is 214 Å². The third-order valence-electron chi connectivity index (χ3n) is 5.74. The van der Waals surface area contributed by atoms with Crippen molar-refractivity contribution in [2.45, 2.75) is 18.0 Å². The largest absolute Gasteiger partial charge is 0.379 e. The van der Waals surface area contributed by atoms with Crippen molar-refractivity contribution in [1.82, 2.24) is 10.2 Å². The molecule has 4 rings (SSSR count). The molecular weight excluding hydrogens is 530 g/mol. The molecule has 0 atom stereocenters. The minimum absolute atomic E-state index is 0.128. The van der Waals surface area contributed by atoms with Crippen LogP contribution in [0.2, 0.25) is 0 Å². The maximum Gasteiger partial charge on any atom is 0.264 e. The van der Waals surface area contributed by atoms with Gasteiger partial charge in [-0.25, -0.2) is 8.42 Å². The molecule has 1 amide bonds. The number of hydrogen-bond donors (Lipinski definition) is 1. The molecule has 0 unspecified atom stereocenters. The summed E-state index contributed by atoms with van der Waals surface area (Å²) in [6.45, 7) is 4.24. The van der Waals surface area contributed by atoms with E-state index in [4.69, 9.17) is 4.74 Å². The van der Waals surface area contributed by atoms with Crippen LogP contribution in [0.5, 0.6) is 0 Å². The number of benzene rings is 3. The Morgan fingerprint density at radius 2 is 1.63 bits per heavy atom. The number of hydrogen-bond acceptors (Lipinski definition) is 5. The minimum Gasteiger partial charge on any atom is -0.379 e. The van der Waals surface area contributed by atoms with Crippen LogP contribution < -0.4 is 9.62 Å². The summed E-state index contributed by atoms with van der Waals surface area (Å²) < 4.78 is 34.0. The van der Waals surface area contributed by atoms with Crippen molar-refractivity contribution in [1.29, 1.82) is 0 Å². The molecule has 9 heteroatoms. The predicted molar refractivity (Wildman–Crippen MR) is 140 cm³/mol. The lowest BCUT2D eigenvalue weighted by atomic mass is 10.1. The van der Waals surface area contributed by atoms with Crippen LogP contribution >= 0.6 is 15.9 Å². The zero-order chi connectivity index (χ0) is 24.7. The van der Waals surface area contributed by atoms with Crippen LogP contribution in [0, 0.1) is 0 Å². The molecule has 1 N–H and O–H groups in total. The van der Waals surface area contributed by atoms with Crippen molar-refractivity contribution in [2.75, 3.05) is 37.2 Å². The average Bonchev–Trinajstić information content (AvgIpc) is 2.88. The third-order valence-corrected chi connectivity index (χ3v) is 8.02. The SMILES string of the molecule is O=C(CN(c1cccc(Br)c1)S(=O)(=O)c1ccccc1)NCc1ccc(CN2CCOCC2)cc1. The lowest BCUT2D eigenvalue weighted by molar-refractivity contribution is -0.119. The van der Waals surface area contributed by atoms with Crippen LogP contribution in [0.25, 0.3) is 0 Å². The Kier molecular flexibility index (Phi) is 8.56. The van der Waals surface area contributed by atoms with Crippen molar-refractivity contribution in [3.8, 4) is 0 Å². The van der Waals surface area contributed by atoms with Crippen molar-refractivity contribution in [2.24, 2.45) is 0 Å². The highest BCUT2D eigenvalue weighted by Gasteiger charge is 2.27. The van der Waals surface area contributed by atoms with E-state index in [0.717, 1.165) is 47.2 Å². The Morgan fingerprint density at radius 1 is 0.943 bits per heavy atom. The molecule has 35 heavy (non-hydrogen) atoms. The number of rotatable bonds is 9. The van der Waals surface area contributed by atoms with E-state index in [1.54, 1.807) is 42.5 Å². The molecule has 0 spiro atoms. The maximum absolute atomic E-state index is 13.4. The van der Waals surface area contributed by atoms with Crippen LogP contribution in [0.1, 0.15) is 11.1 Å². The van der Waals surface area contributed by atoms with Gasteiger partial charge in [-0.1, -0.05) is 64.5 Å². The first-order chi connectivity index (χ1) is 16.9. The number of sulfonamides is 1. The summed E-state index contributed by atoms with van der Waals surface area (Å²) in [6.07, 6.45) is 0. The van der Waals surface area contributed by atoms with E-state index < -0.39 is 10.0 Å². The van der Waals surface area contributed by atoms with E-state index in [1.165, 1.54) is 17.7 Å². The van der Waals surface area contributed by atoms with Gasteiger partial charge in [-0.3, -0.25) is 14.0 Å². The van der Waals surface area contributed by atoms with Gasteiger partial charge in [0.2, 0.25) is 5.91 Å². The van der Waals surface area contributed by atoms with Gasteiger partial charge in [-0.15, -0.1) is 0 Å². The fourth-order valence-electron chi connectivity index (χ4n) is 3.83. The number of amides is 1. The standard InChI is InChI=1S/C26H28BrN3O4S/c27-23-5-4-6-24(17-23)30(35(32,33)25-7-2-1-3-8-25)20-26(31)28-18-21-9-11-22(12-10-21)19-29-13-15-34-16-14-29/h1-12,17H,13-16,18-20H2,(H,28,31). The quantitative estimate of drug-likeness (QED) is 0.433. The van der Waals surface area contributed by atoms with Gasteiger partial charge in [0.25, 0.3) is 10.0 Å². The lowest BCUT2D eigenvalue weighted by Gasteiger charge is -2.26. The summed E-state index contributed by atoms with van der Waals surface area (Å²) in [5.41, 5.74) is 2.56. The second-order valence-electron chi connectivity index (χ2n) is 8.29. The molecule has 0 aromatic heterocycles. The molecule has 1 heterocycles. The van der Waals surface area contributed by atoms with Crippen LogP contribution in [0.4, 0.5) is 5.69 Å². The summed E-state index contributed by atoms with van der Waals surface area (Å²) in [5.74, 6) is -0.387. The number of ether oxygens (including phenoxy) is 1. The van der Waals surface area contributed by atoms with Crippen LogP contribution in [0.3, 0.4) is 0 Å². The highest BCUT2D eigenvalue weighted by Crippen LogP contribution is 2.26. The van der Waals surface area contributed by atoms with Crippen molar-refractivity contribution in [3.63, 3.8) is 0 Å². The Morgan fingerprint density at radius 3 is 2.31 bits per heavy atom. The van der Waals surface area contributed by atoms with Gasteiger partial charge in [0.1, 0.15) is 6.54 Å². The van der Waals surface area contributed by atoms with E-state index in [-0.39, 0.29) is 17.3 Å². The van der Waals surface area contributed by atoms with Crippen molar-refractivity contribution >= 4 is 37.5 Å². The van der Waals surface area contributed by atoms with Crippen LogP contribution in [0.15, 0.2) is 88.2 Å². The van der Waals surface area contributed by atoms with Crippen molar-refractivity contribution in [3.05, 3.63) is 94.5 Å². The first-order valence-corrected chi connectivity index (χ1v) is 13.6. The summed E-state index contributed by atoms with van der Waals surface area (Å²) >= 11 is 3.39. The molecule has 1 aliphatic rings. The van der Waals surface area contributed by atoms with Crippen LogP contribution in [-0.2, 0) is 32.6 Å². The first kappa shape index (κ1) is 25.4. The number of nitrogens with one attached hydrogen (secondary N) is 1. The molecular formula is C26H28BrN3O4S. The number of carbonyl (C=O) groups is 1. The highest BCUT2D eigenvalue weighted by molar-refractivity contribution is 9.10. The van der Waals surface area contributed by atoms with Gasteiger partial charge in [0.15, 0.2) is 0 Å². The summed E-state index contributed by atoms with van der Waals surface area (Å²) in [4.78, 5) is 15.3. The molecule has 0 bridgehead atoms. The molecule has 0 radical (unpaired) electrons. The normalized spacial score (nSPS) is 14.4. The fourth-order valence-corrected chi connectivity index (χ4v) is 5.65. The molecule has 1 saturated heterocycles. The zero-order valence-electron chi connectivity index (χ0n) is 19.3. The highest BCUT2D eigenvalue weighted by atomic mass is 79.9. The second kappa shape index (κ2) is 11.8. The summed E-state index contributed by atoms with van der Waals surface area (Å²) in [6, 6.07) is 23.1. The van der Waals surface area contributed by atoms with Gasteiger partial charge >= 0.3 is 0 Å². The van der Waals surface area contributed by atoms with Crippen molar-refractivity contribution < 1.29 is 17.9 Å². The van der Waals surface area contributed by atoms with E-state index in [2.05, 4.69) is 38.3 Å². The minimum atomic E-state index is -3.93. The van der Waals surface area contributed by atoms with Gasteiger partial charge in [-0.05, 0) is 41.5 Å². The number of anilines is 1. The fraction of sp³-hybridized carbons (Fsp3) is 0.269. The third kappa shape index (κ3) is 6.91.